The summed E-state index contributed by atoms with van der Waals surface area (Å²) in [6, 6.07) is 5.08. The third-order valence-corrected chi connectivity index (χ3v) is 4.33. The zero-order valence-electron chi connectivity index (χ0n) is 12.9. The first-order valence-electron chi connectivity index (χ1n) is 7.20. The summed E-state index contributed by atoms with van der Waals surface area (Å²) < 4.78 is 4.75. The summed E-state index contributed by atoms with van der Waals surface area (Å²) in [5, 5.41) is 0. The third kappa shape index (κ3) is 2.53. The predicted octanol–water partition coefficient (Wildman–Crippen LogP) is 2.25. The van der Waals surface area contributed by atoms with E-state index in [2.05, 4.69) is 6.92 Å². The molecule has 2 N–H and O–H groups in total. The minimum Gasteiger partial charge on any atom is -0.465 e. The Morgan fingerprint density at radius 1 is 1.38 bits per heavy atom. The summed E-state index contributed by atoms with van der Waals surface area (Å²) >= 11 is 0. The van der Waals surface area contributed by atoms with Crippen molar-refractivity contribution in [1.29, 1.82) is 0 Å². The number of hydrogen-bond acceptors (Lipinski definition) is 4. The van der Waals surface area contributed by atoms with Gasteiger partial charge in [0.15, 0.2) is 0 Å². The number of carbonyl (C=O) groups excluding carboxylic acids is 2. The Hall–Kier alpha value is -1.88. The second kappa shape index (κ2) is 5.85. The molecule has 3 atom stereocenters. The van der Waals surface area contributed by atoms with Crippen LogP contribution in [-0.2, 0) is 9.53 Å². The van der Waals surface area contributed by atoms with E-state index in [-0.39, 0.29) is 23.9 Å². The predicted molar refractivity (Wildman–Crippen MR) is 81.1 cm³/mol. The van der Waals surface area contributed by atoms with Crippen LogP contribution in [0.15, 0.2) is 18.2 Å². The standard InChI is InChI=1S/C16H22N2O3/c1-5-13-9(2)15(17)12-8-11(16(20)21-4)6-7-14(12)18(13)10(3)19/h6-9,13,15H,5,17H2,1-4H3/t9-,13?,15?/m1/s1. The number of rotatable bonds is 2. The highest BCUT2D eigenvalue weighted by Crippen LogP contribution is 2.41. The van der Waals surface area contributed by atoms with Crippen LogP contribution in [0, 0.1) is 5.92 Å². The van der Waals surface area contributed by atoms with E-state index < -0.39 is 5.97 Å². The summed E-state index contributed by atoms with van der Waals surface area (Å²) in [4.78, 5) is 25.5. The Morgan fingerprint density at radius 2 is 2.05 bits per heavy atom. The van der Waals surface area contributed by atoms with Crippen LogP contribution >= 0.6 is 0 Å². The lowest BCUT2D eigenvalue weighted by Crippen LogP contribution is -2.50. The SMILES string of the molecule is CCC1[C@@H](C)C(N)c2cc(C(=O)OC)ccc2N1C(C)=O. The fourth-order valence-electron chi connectivity index (χ4n) is 3.18. The second-order valence-electron chi connectivity index (χ2n) is 5.51. The molecule has 5 nitrogen and oxygen atoms in total. The van der Waals surface area contributed by atoms with Gasteiger partial charge in [-0.3, -0.25) is 4.79 Å². The third-order valence-electron chi connectivity index (χ3n) is 4.33. The van der Waals surface area contributed by atoms with Gasteiger partial charge in [0.05, 0.1) is 12.7 Å². The Balaban J connectivity index is 2.57. The topological polar surface area (TPSA) is 72.6 Å². The van der Waals surface area contributed by atoms with Gasteiger partial charge in [0.1, 0.15) is 0 Å². The lowest BCUT2D eigenvalue weighted by molar-refractivity contribution is -0.117. The number of carbonyl (C=O) groups is 2. The average Bonchev–Trinajstić information content (AvgIpc) is 2.48. The van der Waals surface area contributed by atoms with Gasteiger partial charge in [-0.1, -0.05) is 13.8 Å². The molecule has 0 saturated heterocycles. The summed E-state index contributed by atoms with van der Waals surface area (Å²) in [6.07, 6.45) is 0.840. The fourth-order valence-corrected chi connectivity index (χ4v) is 3.18. The zero-order chi connectivity index (χ0) is 15.7. The highest BCUT2D eigenvalue weighted by atomic mass is 16.5. The molecule has 2 unspecified atom stereocenters. The molecule has 1 aromatic carbocycles. The molecule has 1 aromatic rings. The lowest BCUT2D eigenvalue weighted by atomic mass is 9.81. The molecular formula is C16H22N2O3. The van der Waals surface area contributed by atoms with Crippen LogP contribution in [-0.4, -0.2) is 25.0 Å². The molecule has 2 rings (SSSR count). The molecule has 5 heteroatoms. The summed E-state index contributed by atoms with van der Waals surface area (Å²) in [6.45, 7) is 5.66. The van der Waals surface area contributed by atoms with Crippen LogP contribution in [0.25, 0.3) is 0 Å². The number of nitrogens with zero attached hydrogens (tertiary/aromatic N) is 1. The summed E-state index contributed by atoms with van der Waals surface area (Å²) in [5.41, 5.74) is 8.42. The van der Waals surface area contributed by atoms with Crippen molar-refractivity contribution in [3.05, 3.63) is 29.3 Å². The van der Waals surface area contributed by atoms with Crippen molar-refractivity contribution in [1.82, 2.24) is 0 Å². The molecular weight excluding hydrogens is 268 g/mol. The van der Waals surface area contributed by atoms with Gasteiger partial charge in [0.2, 0.25) is 5.91 Å². The van der Waals surface area contributed by atoms with Crippen LogP contribution in [0.2, 0.25) is 0 Å². The van der Waals surface area contributed by atoms with Gasteiger partial charge >= 0.3 is 5.97 Å². The smallest absolute Gasteiger partial charge is 0.337 e. The second-order valence-corrected chi connectivity index (χ2v) is 5.51. The van der Waals surface area contributed by atoms with Crippen molar-refractivity contribution >= 4 is 17.6 Å². The van der Waals surface area contributed by atoms with Crippen molar-refractivity contribution in [3.63, 3.8) is 0 Å². The number of hydrogen-bond donors (Lipinski definition) is 1. The van der Waals surface area contributed by atoms with Crippen molar-refractivity contribution in [2.45, 2.75) is 39.3 Å². The quantitative estimate of drug-likeness (QED) is 0.848. The average molecular weight is 290 g/mol. The molecule has 114 valence electrons. The molecule has 21 heavy (non-hydrogen) atoms. The molecule has 0 fully saturated rings. The molecule has 0 radical (unpaired) electrons. The first-order valence-corrected chi connectivity index (χ1v) is 7.20. The maximum Gasteiger partial charge on any atom is 0.337 e. The van der Waals surface area contributed by atoms with Gasteiger partial charge in [-0.05, 0) is 36.1 Å². The van der Waals surface area contributed by atoms with Crippen LogP contribution in [0.1, 0.15) is 49.2 Å². The first-order chi connectivity index (χ1) is 9.92. The van der Waals surface area contributed by atoms with Crippen LogP contribution in [0.4, 0.5) is 5.69 Å². The van der Waals surface area contributed by atoms with E-state index in [0.717, 1.165) is 17.7 Å². The van der Waals surface area contributed by atoms with E-state index in [0.29, 0.717) is 5.56 Å². The number of benzene rings is 1. The Labute approximate surface area is 125 Å². The minimum absolute atomic E-state index is 0.00679. The summed E-state index contributed by atoms with van der Waals surface area (Å²) in [7, 11) is 1.35. The number of amides is 1. The molecule has 1 aliphatic rings. The van der Waals surface area contributed by atoms with E-state index in [1.807, 2.05) is 6.92 Å². The van der Waals surface area contributed by atoms with Gasteiger partial charge in [0, 0.05) is 24.7 Å². The van der Waals surface area contributed by atoms with Gasteiger partial charge in [-0.2, -0.15) is 0 Å². The van der Waals surface area contributed by atoms with E-state index in [1.54, 1.807) is 30.0 Å². The normalized spacial score (nSPS) is 24.4. The van der Waals surface area contributed by atoms with E-state index in [9.17, 15) is 9.59 Å². The highest BCUT2D eigenvalue weighted by Gasteiger charge is 2.38. The number of anilines is 1. The number of fused-ring (bicyclic) bond motifs is 1. The fraction of sp³-hybridized carbons (Fsp3) is 0.500. The molecule has 1 heterocycles. The lowest BCUT2D eigenvalue weighted by Gasteiger charge is -2.43. The Bertz CT molecular complexity index is 571. The molecule has 0 bridgehead atoms. The van der Waals surface area contributed by atoms with Crippen molar-refractivity contribution < 1.29 is 14.3 Å². The van der Waals surface area contributed by atoms with Crippen molar-refractivity contribution in [2.75, 3.05) is 12.0 Å². The van der Waals surface area contributed by atoms with Gasteiger partial charge in [-0.15, -0.1) is 0 Å². The minimum atomic E-state index is -0.398. The number of esters is 1. The Morgan fingerprint density at radius 3 is 2.57 bits per heavy atom. The molecule has 0 spiro atoms. The monoisotopic (exact) mass is 290 g/mol. The van der Waals surface area contributed by atoms with E-state index in [1.165, 1.54) is 7.11 Å². The van der Waals surface area contributed by atoms with Gasteiger partial charge in [0.25, 0.3) is 0 Å². The number of ether oxygens (including phenoxy) is 1. The molecule has 1 amide bonds. The maximum atomic E-state index is 12.1. The largest absolute Gasteiger partial charge is 0.465 e. The van der Waals surface area contributed by atoms with Crippen LogP contribution in [0.5, 0.6) is 0 Å². The van der Waals surface area contributed by atoms with Crippen LogP contribution < -0.4 is 10.6 Å². The zero-order valence-corrected chi connectivity index (χ0v) is 12.9. The van der Waals surface area contributed by atoms with E-state index in [4.69, 9.17) is 10.5 Å². The molecule has 0 saturated carbocycles. The molecule has 1 aliphatic heterocycles. The molecule has 0 aromatic heterocycles. The first kappa shape index (κ1) is 15.5. The van der Waals surface area contributed by atoms with E-state index >= 15 is 0 Å². The Kier molecular flexibility index (Phi) is 4.32. The highest BCUT2D eigenvalue weighted by molar-refractivity contribution is 5.96. The molecule has 0 aliphatic carbocycles. The van der Waals surface area contributed by atoms with Crippen molar-refractivity contribution in [3.8, 4) is 0 Å². The van der Waals surface area contributed by atoms with Crippen LogP contribution in [0.3, 0.4) is 0 Å². The van der Waals surface area contributed by atoms with Crippen molar-refractivity contribution in [2.24, 2.45) is 11.7 Å². The van der Waals surface area contributed by atoms with Gasteiger partial charge in [-0.25, -0.2) is 4.79 Å². The number of nitrogens with two attached hydrogens (primary N) is 1. The summed E-state index contributed by atoms with van der Waals surface area (Å²) in [5.74, 6) is -0.281. The maximum absolute atomic E-state index is 12.1. The van der Waals surface area contributed by atoms with Gasteiger partial charge < -0.3 is 15.4 Å². The number of methoxy groups -OCH3 is 1.